The third-order valence-electron chi connectivity index (χ3n) is 2.61. The van der Waals surface area contributed by atoms with E-state index in [2.05, 4.69) is 21.2 Å². The average Bonchev–Trinajstić information content (AvgIpc) is 2.25. The largest absolute Gasteiger partial charge is 0.387 e. The topological polar surface area (TPSA) is 58.3 Å². The van der Waals surface area contributed by atoms with Gasteiger partial charge in [-0.05, 0) is 44.1 Å². The number of hydrogen-bond acceptors (Lipinski definition) is 3. The van der Waals surface area contributed by atoms with Gasteiger partial charge in [-0.25, -0.2) is 0 Å². The van der Waals surface area contributed by atoms with Crippen LogP contribution in [-0.2, 0) is 0 Å². The zero-order valence-electron chi connectivity index (χ0n) is 9.70. The molecule has 0 radical (unpaired) electrons. The second-order valence-electron chi connectivity index (χ2n) is 4.03. The number of halogens is 1. The highest BCUT2D eigenvalue weighted by Gasteiger charge is 2.18. The highest BCUT2D eigenvalue weighted by molar-refractivity contribution is 9.10. The molecule has 4 heteroatoms. The summed E-state index contributed by atoms with van der Waals surface area (Å²) < 4.78 is 0.917. The van der Waals surface area contributed by atoms with Gasteiger partial charge in [-0.1, -0.05) is 28.1 Å². The zero-order valence-corrected chi connectivity index (χ0v) is 11.3. The molecule has 90 valence electrons. The van der Waals surface area contributed by atoms with Gasteiger partial charge >= 0.3 is 0 Å². The summed E-state index contributed by atoms with van der Waals surface area (Å²) >= 11 is 3.45. The predicted molar refractivity (Wildman–Crippen MR) is 70.4 cm³/mol. The molecule has 0 aliphatic rings. The molecule has 0 aliphatic heterocycles. The van der Waals surface area contributed by atoms with E-state index in [1.54, 1.807) is 0 Å². The Bertz CT molecular complexity index is 344. The van der Waals surface area contributed by atoms with Crippen molar-refractivity contribution in [3.05, 3.63) is 33.8 Å². The molecule has 0 saturated carbocycles. The van der Waals surface area contributed by atoms with Crippen LogP contribution in [-0.4, -0.2) is 24.7 Å². The van der Waals surface area contributed by atoms with Crippen molar-refractivity contribution in [2.24, 2.45) is 5.73 Å². The summed E-state index contributed by atoms with van der Waals surface area (Å²) in [5, 5.41) is 13.1. The first kappa shape index (κ1) is 13.6. The molecule has 2 atom stereocenters. The summed E-state index contributed by atoms with van der Waals surface area (Å²) in [5.41, 5.74) is 7.95. The van der Waals surface area contributed by atoms with Gasteiger partial charge in [-0.3, -0.25) is 0 Å². The molecular formula is C12H19BrN2O. The van der Waals surface area contributed by atoms with Crippen LogP contribution in [0.15, 0.2) is 22.7 Å². The van der Waals surface area contributed by atoms with Crippen molar-refractivity contribution in [3.8, 4) is 0 Å². The molecule has 1 aromatic carbocycles. The molecule has 4 N–H and O–H groups in total. The molecular weight excluding hydrogens is 268 g/mol. The Balaban J connectivity index is 2.75. The maximum absolute atomic E-state index is 10.1. The Morgan fingerprint density at radius 3 is 2.75 bits per heavy atom. The summed E-state index contributed by atoms with van der Waals surface area (Å²) in [5.74, 6) is 0. The molecule has 0 heterocycles. The quantitative estimate of drug-likeness (QED) is 0.773. The van der Waals surface area contributed by atoms with Crippen molar-refractivity contribution in [2.45, 2.75) is 25.5 Å². The van der Waals surface area contributed by atoms with E-state index in [4.69, 9.17) is 5.73 Å². The van der Waals surface area contributed by atoms with Crippen LogP contribution in [0, 0.1) is 6.92 Å². The Hall–Kier alpha value is -0.420. The number of hydrogen-bond donors (Lipinski definition) is 3. The number of aliphatic hydroxyl groups is 1. The van der Waals surface area contributed by atoms with Gasteiger partial charge in [0.25, 0.3) is 0 Å². The van der Waals surface area contributed by atoms with Crippen molar-refractivity contribution in [2.75, 3.05) is 13.6 Å². The Labute approximate surface area is 105 Å². The smallest absolute Gasteiger partial charge is 0.0952 e. The summed E-state index contributed by atoms with van der Waals surface area (Å²) in [6.45, 7) is 2.82. The fourth-order valence-corrected chi connectivity index (χ4v) is 2.30. The van der Waals surface area contributed by atoms with E-state index < -0.39 is 6.10 Å². The third-order valence-corrected chi connectivity index (χ3v) is 3.29. The monoisotopic (exact) mass is 286 g/mol. The summed E-state index contributed by atoms with van der Waals surface area (Å²) in [7, 11) is 1.88. The number of nitrogens with one attached hydrogen (secondary N) is 1. The van der Waals surface area contributed by atoms with E-state index >= 15 is 0 Å². The lowest BCUT2D eigenvalue weighted by Gasteiger charge is -2.20. The van der Waals surface area contributed by atoms with Crippen molar-refractivity contribution in [1.29, 1.82) is 0 Å². The first-order chi connectivity index (χ1) is 7.56. The van der Waals surface area contributed by atoms with Crippen LogP contribution in [0.25, 0.3) is 0 Å². The van der Waals surface area contributed by atoms with E-state index in [0.717, 1.165) is 28.6 Å². The Morgan fingerprint density at radius 2 is 2.19 bits per heavy atom. The second-order valence-corrected chi connectivity index (χ2v) is 4.88. The number of aliphatic hydroxyl groups excluding tert-OH is 1. The van der Waals surface area contributed by atoms with Gasteiger partial charge in [-0.2, -0.15) is 0 Å². The van der Waals surface area contributed by atoms with Crippen molar-refractivity contribution in [3.63, 3.8) is 0 Å². The van der Waals surface area contributed by atoms with E-state index in [1.165, 1.54) is 0 Å². The fraction of sp³-hybridized carbons (Fsp3) is 0.500. The van der Waals surface area contributed by atoms with Gasteiger partial charge in [0, 0.05) is 10.5 Å². The van der Waals surface area contributed by atoms with Crippen LogP contribution in [0.4, 0.5) is 0 Å². The molecule has 0 aliphatic carbocycles. The molecule has 0 aromatic heterocycles. The molecule has 3 nitrogen and oxygen atoms in total. The summed E-state index contributed by atoms with van der Waals surface area (Å²) in [6, 6.07) is 5.65. The van der Waals surface area contributed by atoms with Gasteiger partial charge in [0.15, 0.2) is 0 Å². The third kappa shape index (κ3) is 3.56. The Morgan fingerprint density at radius 1 is 1.50 bits per heavy atom. The minimum Gasteiger partial charge on any atom is -0.387 e. The van der Waals surface area contributed by atoms with Crippen LogP contribution in [0.3, 0.4) is 0 Å². The minimum absolute atomic E-state index is 0.244. The second kappa shape index (κ2) is 6.35. The lowest BCUT2D eigenvalue weighted by Crippen LogP contribution is -2.31. The van der Waals surface area contributed by atoms with Crippen molar-refractivity contribution < 1.29 is 5.11 Å². The first-order valence-corrected chi connectivity index (χ1v) is 6.20. The van der Waals surface area contributed by atoms with Crippen LogP contribution < -0.4 is 11.1 Å². The Kier molecular flexibility index (Phi) is 5.41. The molecule has 0 fully saturated rings. The molecule has 0 bridgehead atoms. The van der Waals surface area contributed by atoms with Crippen LogP contribution in [0.2, 0.25) is 0 Å². The van der Waals surface area contributed by atoms with Gasteiger partial charge < -0.3 is 16.2 Å². The van der Waals surface area contributed by atoms with Crippen molar-refractivity contribution >= 4 is 15.9 Å². The minimum atomic E-state index is -0.622. The van der Waals surface area contributed by atoms with Crippen LogP contribution >= 0.6 is 15.9 Å². The SMILES string of the molecule is CNCCC(N)C(O)c1ccc(C)cc1Br. The molecule has 0 saturated heterocycles. The fourth-order valence-electron chi connectivity index (χ4n) is 1.57. The van der Waals surface area contributed by atoms with E-state index in [9.17, 15) is 5.11 Å². The molecule has 1 rings (SSSR count). The number of aryl methyl sites for hydroxylation is 1. The van der Waals surface area contributed by atoms with Gasteiger partial charge in [0.2, 0.25) is 0 Å². The number of benzene rings is 1. The summed E-state index contributed by atoms with van der Waals surface area (Å²) in [6.07, 6.45) is 0.126. The lowest BCUT2D eigenvalue weighted by molar-refractivity contribution is 0.141. The first-order valence-electron chi connectivity index (χ1n) is 5.40. The number of rotatable bonds is 5. The molecule has 1 aromatic rings. The molecule has 0 amide bonds. The molecule has 16 heavy (non-hydrogen) atoms. The van der Waals surface area contributed by atoms with Crippen molar-refractivity contribution in [1.82, 2.24) is 5.32 Å². The maximum atomic E-state index is 10.1. The number of nitrogens with two attached hydrogens (primary N) is 1. The predicted octanol–water partition coefficient (Wildman–Crippen LogP) is 1.73. The maximum Gasteiger partial charge on any atom is 0.0952 e. The molecule has 2 unspecified atom stereocenters. The van der Waals surface area contributed by atoms with E-state index in [1.807, 2.05) is 32.2 Å². The highest BCUT2D eigenvalue weighted by Crippen LogP contribution is 2.26. The highest BCUT2D eigenvalue weighted by atomic mass is 79.9. The van der Waals surface area contributed by atoms with E-state index in [-0.39, 0.29) is 6.04 Å². The lowest BCUT2D eigenvalue weighted by atomic mass is 9.99. The van der Waals surface area contributed by atoms with Crippen LogP contribution in [0.5, 0.6) is 0 Å². The normalized spacial score (nSPS) is 14.8. The van der Waals surface area contributed by atoms with Crippen LogP contribution in [0.1, 0.15) is 23.7 Å². The standard InChI is InChI=1S/C12H19BrN2O/c1-8-3-4-9(10(13)7-8)12(16)11(14)5-6-15-2/h3-4,7,11-12,15-16H,5-6,14H2,1-2H3. The molecule has 0 spiro atoms. The summed E-state index contributed by atoms with van der Waals surface area (Å²) in [4.78, 5) is 0. The van der Waals surface area contributed by atoms with E-state index in [0.29, 0.717) is 0 Å². The van der Waals surface area contributed by atoms with Gasteiger partial charge in [0.05, 0.1) is 6.10 Å². The average molecular weight is 287 g/mol. The zero-order chi connectivity index (χ0) is 12.1. The van der Waals surface area contributed by atoms with Gasteiger partial charge in [-0.15, -0.1) is 0 Å². The van der Waals surface area contributed by atoms with Gasteiger partial charge in [0.1, 0.15) is 0 Å².